The molecule has 0 aliphatic heterocycles. The third-order valence-corrected chi connectivity index (χ3v) is 2.68. The molecule has 100 valence electrons. The molecule has 0 aliphatic rings. The van der Waals surface area contributed by atoms with Gasteiger partial charge in [0.25, 0.3) is 0 Å². The predicted octanol–water partition coefficient (Wildman–Crippen LogP) is 1.69. The summed E-state index contributed by atoms with van der Waals surface area (Å²) in [6, 6.07) is 5.64. The van der Waals surface area contributed by atoms with Crippen LogP contribution in [0.2, 0.25) is 0 Å². The molecule has 0 saturated heterocycles. The SMILES string of the molecule is COc1ccc(CNc2ncncc2N)c(OC)c1. The Morgan fingerprint density at radius 2 is 2.11 bits per heavy atom. The molecule has 6 heteroatoms. The number of benzene rings is 1. The van der Waals surface area contributed by atoms with E-state index in [9.17, 15) is 0 Å². The van der Waals surface area contributed by atoms with E-state index < -0.39 is 0 Å². The maximum absolute atomic E-state index is 5.76. The summed E-state index contributed by atoms with van der Waals surface area (Å²) in [5.74, 6) is 2.11. The zero-order valence-electron chi connectivity index (χ0n) is 10.9. The maximum Gasteiger partial charge on any atom is 0.152 e. The number of nitrogens with two attached hydrogens (primary N) is 1. The molecular formula is C13H16N4O2. The first kappa shape index (κ1) is 12.9. The maximum atomic E-state index is 5.76. The van der Waals surface area contributed by atoms with E-state index in [0.29, 0.717) is 18.1 Å². The van der Waals surface area contributed by atoms with Crippen LogP contribution in [0.15, 0.2) is 30.7 Å². The average Bonchev–Trinajstić information content (AvgIpc) is 2.46. The van der Waals surface area contributed by atoms with E-state index in [1.165, 1.54) is 6.33 Å². The molecule has 0 radical (unpaired) electrons. The molecule has 2 aromatic rings. The van der Waals surface area contributed by atoms with E-state index >= 15 is 0 Å². The number of nitrogens with one attached hydrogen (secondary N) is 1. The van der Waals surface area contributed by atoms with Crippen molar-refractivity contribution in [3.05, 3.63) is 36.3 Å². The predicted molar refractivity (Wildman–Crippen MR) is 73.3 cm³/mol. The van der Waals surface area contributed by atoms with Gasteiger partial charge in [-0.2, -0.15) is 0 Å². The Hall–Kier alpha value is -2.50. The Labute approximate surface area is 111 Å². The van der Waals surface area contributed by atoms with Gasteiger partial charge in [-0.15, -0.1) is 0 Å². The van der Waals surface area contributed by atoms with Crippen LogP contribution in [0.4, 0.5) is 11.5 Å². The Morgan fingerprint density at radius 3 is 2.79 bits per heavy atom. The van der Waals surface area contributed by atoms with Crippen molar-refractivity contribution in [3.8, 4) is 11.5 Å². The summed E-state index contributed by atoms with van der Waals surface area (Å²) in [5, 5.41) is 3.14. The van der Waals surface area contributed by atoms with Gasteiger partial charge in [0.05, 0.1) is 26.1 Å². The number of rotatable bonds is 5. The molecule has 19 heavy (non-hydrogen) atoms. The van der Waals surface area contributed by atoms with Crippen LogP contribution in [0.25, 0.3) is 0 Å². The lowest BCUT2D eigenvalue weighted by Crippen LogP contribution is -2.06. The molecule has 0 unspecified atom stereocenters. The summed E-state index contributed by atoms with van der Waals surface area (Å²) in [6.07, 6.45) is 3.00. The topological polar surface area (TPSA) is 82.3 Å². The summed E-state index contributed by atoms with van der Waals surface area (Å²) in [4.78, 5) is 7.91. The molecule has 6 nitrogen and oxygen atoms in total. The van der Waals surface area contributed by atoms with Crippen molar-refractivity contribution < 1.29 is 9.47 Å². The molecule has 1 aromatic carbocycles. The molecule has 0 aliphatic carbocycles. The summed E-state index contributed by atoms with van der Waals surface area (Å²) in [7, 11) is 3.24. The van der Waals surface area contributed by atoms with Gasteiger partial charge < -0.3 is 20.5 Å². The molecular weight excluding hydrogens is 244 g/mol. The minimum absolute atomic E-state index is 0.509. The number of hydrogen-bond acceptors (Lipinski definition) is 6. The molecule has 0 bridgehead atoms. The van der Waals surface area contributed by atoms with Crippen LogP contribution in [-0.2, 0) is 6.54 Å². The van der Waals surface area contributed by atoms with Crippen LogP contribution in [0.3, 0.4) is 0 Å². The van der Waals surface area contributed by atoms with Crippen molar-refractivity contribution in [1.82, 2.24) is 9.97 Å². The van der Waals surface area contributed by atoms with Crippen molar-refractivity contribution in [2.45, 2.75) is 6.54 Å². The normalized spacial score (nSPS) is 10.0. The highest BCUT2D eigenvalue weighted by atomic mass is 16.5. The first-order chi connectivity index (χ1) is 9.24. The van der Waals surface area contributed by atoms with Crippen LogP contribution in [0, 0.1) is 0 Å². The van der Waals surface area contributed by atoms with E-state index in [-0.39, 0.29) is 0 Å². The number of methoxy groups -OCH3 is 2. The van der Waals surface area contributed by atoms with Crippen molar-refractivity contribution in [2.75, 3.05) is 25.3 Å². The Bertz CT molecular complexity index is 560. The number of nitrogens with zero attached hydrogens (tertiary/aromatic N) is 2. The van der Waals surface area contributed by atoms with E-state index in [4.69, 9.17) is 15.2 Å². The van der Waals surface area contributed by atoms with Crippen molar-refractivity contribution in [1.29, 1.82) is 0 Å². The van der Waals surface area contributed by atoms with Gasteiger partial charge in [0.1, 0.15) is 17.8 Å². The Kier molecular flexibility index (Phi) is 4.02. The van der Waals surface area contributed by atoms with Gasteiger partial charge in [0.2, 0.25) is 0 Å². The molecule has 0 atom stereocenters. The summed E-state index contributed by atoms with van der Waals surface area (Å²) < 4.78 is 10.5. The fourth-order valence-electron chi connectivity index (χ4n) is 1.66. The summed E-state index contributed by atoms with van der Waals surface area (Å²) >= 11 is 0. The summed E-state index contributed by atoms with van der Waals surface area (Å²) in [6.45, 7) is 0.550. The van der Waals surface area contributed by atoms with Gasteiger partial charge in [-0.1, -0.05) is 0 Å². The Morgan fingerprint density at radius 1 is 1.26 bits per heavy atom. The van der Waals surface area contributed by atoms with Crippen LogP contribution < -0.4 is 20.5 Å². The minimum Gasteiger partial charge on any atom is -0.497 e. The molecule has 3 N–H and O–H groups in total. The van der Waals surface area contributed by atoms with Gasteiger partial charge in [0, 0.05) is 18.2 Å². The van der Waals surface area contributed by atoms with Gasteiger partial charge in [-0.3, -0.25) is 0 Å². The van der Waals surface area contributed by atoms with E-state index in [2.05, 4.69) is 15.3 Å². The fraction of sp³-hybridized carbons (Fsp3) is 0.231. The smallest absolute Gasteiger partial charge is 0.152 e. The first-order valence-corrected chi connectivity index (χ1v) is 5.75. The fourth-order valence-corrected chi connectivity index (χ4v) is 1.66. The lowest BCUT2D eigenvalue weighted by molar-refractivity contribution is 0.391. The quantitative estimate of drug-likeness (QED) is 0.851. The lowest BCUT2D eigenvalue weighted by Gasteiger charge is -2.12. The zero-order valence-corrected chi connectivity index (χ0v) is 10.9. The lowest BCUT2D eigenvalue weighted by atomic mass is 10.2. The standard InChI is InChI=1S/C13H16N4O2/c1-18-10-4-3-9(12(5-10)19-2)6-16-13-11(14)7-15-8-17-13/h3-5,7-8H,6,14H2,1-2H3,(H,15,16,17). The number of ether oxygens (including phenoxy) is 2. The number of hydrogen-bond donors (Lipinski definition) is 2. The highest BCUT2D eigenvalue weighted by molar-refractivity contribution is 5.59. The molecule has 0 fully saturated rings. The molecule has 2 rings (SSSR count). The summed E-state index contributed by atoms with van der Waals surface area (Å²) in [5.41, 5.74) is 7.26. The number of anilines is 2. The third-order valence-electron chi connectivity index (χ3n) is 2.68. The molecule has 1 heterocycles. The largest absolute Gasteiger partial charge is 0.497 e. The average molecular weight is 260 g/mol. The van der Waals surface area contributed by atoms with Crippen LogP contribution >= 0.6 is 0 Å². The minimum atomic E-state index is 0.509. The van der Waals surface area contributed by atoms with E-state index in [0.717, 1.165) is 17.1 Å². The van der Waals surface area contributed by atoms with Crippen LogP contribution in [0.5, 0.6) is 11.5 Å². The molecule has 0 spiro atoms. The number of nitrogen functional groups attached to an aromatic ring is 1. The second-order valence-corrected chi connectivity index (χ2v) is 3.86. The molecule has 1 aromatic heterocycles. The van der Waals surface area contributed by atoms with Gasteiger partial charge in [0.15, 0.2) is 5.82 Å². The van der Waals surface area contributed by atoms with Crippen molar-refractivity contribution in [2.24, 2.45) is 0 Å². The first-order valence-electron chi connectivity index (χ1n) is 5.75. The van der Waals surface area contributed by atoms with Gasteiger partial charge in [-0.25, -0.2) is 9.97 Å². The van der Waals surface area contributed by atoms with Crippen LogP contribution in [0.1, 0.15) is 5.56 Å². The van der Waals surface area contributed by atoms with Crippen molar-refractivity contribution >= 4 is 11.5 Å². The molecule has 0 amide bonds. The van der Waals surface area contributed by atoms with E-state index in [1.807, 2.05) is 18.2 Å². The van der Waals surface area contributed by atoms with Crippen molar-refractivity contribution in [3.63, 3.8) is 0 Å². The number of aromatic nitrogens is 2. The highest BCUT2D eigenvalue weighted by Gasteiger charge is 2.06. The second-order valence-electron chi connectivity index (χ2n) is 3.86. The molecule has 0 saturated carbocycles. The zero-order chi connectivity index (χ0) is 13.7. The second kappa shape index (κ2) is 5.90. The monoisotopic (exact) mass is 260 g/mol. The third kappa shape index (κ3) is 3.04. The van der Waals surface area contributed by atoms with Gasteiger partial charge >= 0.3 is 0 Å². The van der Waals surface area contributed by atoms with E-state index in [1.54, 1.807) is 20.4 Å². The van der Waals surface area contributed by atoms with Gasteiger partial charge in [-0.05, 0) is 12.1 Å². The Balaban J connectivity index is 2.13. The van der Waals surface area contributed by atoms with Crippen LogP contribution in [-0.4, -0.2) is 24.2 Å². The highest BCUT2D eigenvalue weighted by Crippen LogP contribution is 2.25.